The molecule has 0 saturated heterocycles. The molecule has 0 spiro atoms. The zero-order valence-corrected chi connectivity index (χ0v) is 15.4. The molecule has 0 radical (unpaired) electrons. The summed E-state index contributed by atoms with van der Waals surface area (Å²) in [5.41, 5.74) is 0. The van der Waals surface area contributed by atoms with Crippen molar-refractivity contribution < 1.29 is 8.42 Å². The van der Waals surface area contributed by atoms with Crippen LogP contribution in [0.3, 0.4) is 0 Å². The van der Waals surface area contributed by atoms with Crippen molar-refractivity contribution in [1.82, 2.24) is 4.72 Å². The van der Waals surface area contributed by atoms with Crippen molar-refractivity contribution in [3.05, 3.63) is 27.1 Å². The third-order valence-electron chi connectivity index (χ3n) is 2.40. The summed E-state index contributed by atoms with van der Waals surface area (Å²) in [4.78, 5) is 0.204. The van der Waals surface area contributed by atoms with Crippen LogP contribution in [0.15, 0.2) is 32.0 Å². The minimum atomic E-state index is -3.56. The molecule has 1 aromatic carbocycles. The molecule has 1 N–H and O–H groups in total. The molecule has 1 rings (SSSR count). The van der Waals surface area contributed by atoms with Gasteiger partial charge in [0, 0.05) is 20.9 Å². The summed E-state index contributed by atoms with van der Waals surface area (Å²) in [6.45, 7) is 4.32. The maximum Gasteiger partial charge on any atom is 0.241 e. The Kier molecular flexibility index (Phi) is 6.79. The van der Waals surface area contributed by atoms with Crippen molar-refractivity contribution in [1.29, 1.82) is 0 Å². The third-order valence-corrected chi connectivity index (χ3v) is 5.65. The van der Waals surface area contributed by atoms with E-state index >= 15 is 0 Å². The number of hydrogen-bond acceptors (Lipinski definition) is 2. The molecule has 0 amide bonds. The van der Waals surface area contributed by atoms with E-state index in [1.165, 1.54) is 0 Å². The van der Waals surface area contributed by atoms with Crippen LogP contribution in [0.1, 0.15) is 20.3 Å². The van der Waals surface area contributed by atoms with Crippen LogP contribution in [-0.2, 0) is 10.0 Å². The molecule has 19 heavy (non-hydrogen) atoms. The summed E-state index contributed by atoms with van der Waals surface area (Å²) in [7, 11) is -3.56. The van der Waals surface area contributed by atoms with Crippen LogP contribution < -0.4 is 4.72 Å². The van der Waals surface area contributed by atoms with Crippen molar-refractivity contribution in [3.8, 4) is 0 Å². The van der Waals surface area contributed by atoms with Gasteiger partial charge in [0.15, 0.2) is 0 Å². The lowest BCUT2D eigenvalue weighted by molar-refractivity contribution is 0.544. The Morgan fingerprint density at radius 2 is 1.95 bits per heavy atom. The zero-order chi connectivity index (χ0) is 14.6. The van der Waals surface area contributed by atoms with Crippen LogP contribution in [-0.4, -0.2) is 20.3 Å². The molecule has 0 aliphatic carbocycles. The highest BCUT2D eigenvalue weighted by atomic mass is 79.9. The first-order chi connectivity index (χ1) is 8.72. The summed E-state index contributed by atoms with van der Waals surface area (Å²) in [6.07, 6.45) is 0.768. The molecular weight excluding hydrogens is 417 g/mol. The minimum absolute atomic E-state index is 0.204. The first-order valence-electron chi connectivity index (χ1n) is 5.81. The molecule has 0 aliphatic rings. The highest BCUT2D eigenvalue weighted by Crippen LogP contribution is 2.25. The molecule has 0 saturated carbocycles. The van der Waals surface area contributed by atoms with Gasteiger partial charge in [-0.3, -0.25) is 0 Å². The molecule has 0 fully saturated rings. The van der Waals surface area contributed by atoms with Gasteiger partial charge in [0.05, 0.1) is 4.90 Å². The second-order valence-corrected chi connectivity index (χ2v) is 8.78. The Balaban J connectivity index is 2.79. The van der Waals surface area contributed by atoms with Crippen molar-refractivity contribution in [2.75, 3.05) is 6.54 Å². The van der Waals surface area contributed by atoms with Gasteiger partial charge in [-0.25, -0.2) is 13.1 Å². The number of rotatable bonds is 6. The highest BCUT2D eigenvalue weighted by molar-refractivity contribution is 9.11. The van der Waals surface area contributed by atoms with E-state index in [4.69, 9.17) is 11.6 Å². The summed E-state index contributed by atoms with van der Waals surface area (Å²) >= 11 is 12.6. The van der Waals surface area contributed by atoms with Gasteiger partial charge in [0.1, 0.15) is 0 Å². The number of alkyl halides is 1. The van der Waals surface area contributed by atoms with Crippen LogP contribution in [0.5, 0.6) is 0 Å². The van der Waals surface area contributed by atoms with Gasteiger partial charge in [0.2, 0.25) is 10.0 Å². The highest BCUT2D eigenvalue weighted by Gasteiger charge is 2.19. The second-order valence-electron chi connectivity index (χ2n) is 4.65. The van der Waals surface area contributed by atoms with Crippen molar-refractivity contribution >= 4 is 53.5 Å². The number of sulfonamides is 1. The summed E-state index contributed by atoms with van der Waals surface area (Å²) in [5.74, 6) is 0.435. The molecule has 1 aromatic rings. The molecule has 1 unspecified atom stereocenters. The van der Waals surface area contributed by atoms with Crippen LogP contribution >= 0.6 is 43.5 Å². The summed E-state index contributed by atoms with van der Waals surface area (Å²) in [6, 6.07) is 5.01. The Labute approximate surface area is 136 Å². The number of halogens is 3. The molecular formula is C12H16Br2ClNO2S. The Morgan fingerprint density at radius 3 is 2.53 bits per heavy atom. The SMILES string of the molecule is CC(C)CC(Cl)CNS(=O)(=O)c1cc(Br)ccc1Br. The standard InChI is InChI=1S/C12H16Br2ClNO2S/c1-8(2)5-10(15)7-16-19(17,18)12-6-9(13)3-4-11(12)14/h3-4,6,8,10,16H,5,7H2,1-2H3. The van der Waals surface area contributed by atoms with Gasteiger partial charge in [-0.2, -0.15) is 0 Å². The van der Waals surface area contributed by atoms with E-state index in [9.17, 15) is 8.42 Å². The van der Waals surface area contributed by atoms with E-state index in [2.05, 4.69) is 50.4 Å². The predicted molar refractivity (Wildman–Crippen MR) is 86.1 cm³/mol. The Bertz CT molecular complexity index is 535. The van der Waals surface area contributed by atoms with Gasteiger partial charge in [0.25, 0.3) is 0 Å². The Hall–Kier alpha value is 0.380. The van der Waals surface area contributed by atoms with E-state index in [1.54, 1.807) is 18.2 Å². The van der Waals surface area contributed by atoms with Gasteiger partial charge in [-0.05, 0) is 46.5 Å². The van der Waals surface area contributed by atoms with Crippen LogP contribution in [0.2, 0.25) is 0 Å². The van der Waals surface area contributed by atoms with E-state index in [0.29, 0.717) is 14.9 Å². The largest absolute Gasteiger partial charge is 0.241 e. The van der Waals surface area contributed by atoms with Crippen LogP contribution in [0.25, 0.3) is 0 Å². The fraction of sp³-hybridized carbons (Fsp3) is 0.500. The van der Waals surface area contributed by atoms with E-state index in [-0.39, 0.29) is 16.8 Å². The molecule has 7 heteroatoms. The fourth-order valence-electron chi connectivity index (χ4n) is 1.56. The average molecular weight is 434 g/mol. The number of hydrogen-bond donors (Lipinski definition) is 1. The van der Waals surface area contributed by atoms with Crippen molar-refractivity contribution in [2.24, 2.45) is 5.92 Å². The zero-order valence-electron chi connectivity index (χ0n) is 10.7. The lowest BCUT2D eigenvalue weighted by atomic mass is 10.1. The molecule has 1 atom stereocenters. The smallest absolute Gasteiger partial charge is 0.210 e. The van der Waals surface area contributed by atoms with Crippen LogP contribution in [0, 0.1) is 5.92 Å². The predicted octanol–water partition coefficient (Wildman–Crippen LogP) is 4.14. The lowest BCUT2D eigenvalue weighted by Crippen LogP contribution is -2.30. The van der Waals surface area contributed by atoms with E-state index in [0.717, 1.165) is 6.42 Å². The maximum absolute atomic E-state index is 12.2. The van der Waals surface area contributed by atoms with Crippen molar-refractivity contribution in [2.45, 2.75) is 30.5 Å². The average Bonchev–Trinajstić information content (AvgIpc) is 2.29. The monoisotopic (exact) mass is 431 g/mol. The molecule has 0 bridgehead atoms. The van der Waals surface area contributed by atoms with Crippen LogP contribution in [0.4, 0.5) is 0 Å². The topological polar surface area (TPSA) is 46.2 Å². The minimum Gasteiger partial charge on any atom is -0.210 e. The molecule has 0 aromatic heterocycles. The van der Waals surface area contributed by atoms with E-state index in [1.807, 2.05) is 0 Å². The molecule has 0 aliphatic heterocycles. The number of nitrogens with one attached hydrogen (secondary N) is 1. The maximum atomic E-state index is 12.2. The normalized spacial score (nSPS) is 13.8. The number of benzene rings is 1. The first kappa shape index (κ1) is 17.4. The first-order valence-corrected chi connectivity index (χ1v) is 9.31. The summed E-state index contributed by atoms with van der Waals surface area (Å²) in [5, 5.41) is -0.208. The molecule has 108 valence electrons. The molecule has 0 heterocycles. The Morgan fingerprint density at radius 1 is 1.32 bits per heavy atom. The summed E-state index contributed by atoms with van der Waals surface area (Å²) < 4.78 is 28.1. The van der Waals surface area contributed by atoms with Gasteiger partial charge >= 0.3 is 0 Å². The quantitative estimate of drug-likeness (QED) is 0.686. The van der Waals surface area contributed by atoms with Gasteiger partial charge in [-0.1, -0.05) is 29.8 Å². The molecule has 3 nitrogen and oxygen atoms in total. The third kappa shape index (κ3) is 5.71. The van der Waals surface area contributed by atoms with Crippen molar-refractivity contribution in [3.63, 3.8) is 0 Å². The second kappa shape index (κ2) is 7.41. The van der Waals surface area contributed by atoms with E-state index < -0.39 is 10.0 Å². The van der Waals surface area contributed by atoms with Gasteiger partial charge in [-0.15, -0.1) is 11.6 Å². The van der Waals surface area contributed by atoms with Gasteiger partial charge < -0.3 is 0 Å². The lowest BCUT2D eigenvalue weighted by Gasteiger charge is -2.14. The fourth-order valence-corrected chi connectivity index (χ4v) is 4.66.